The summed E-state index contributed by atoms with van der Waals surface area (Å²) in [6, 6.07) is 6.59. The zero-order valence-corrected chi connectivity index (χ0v) is 18.6. The lowest BCUT2D eigenvalue weighted by atomic mass is 9.99. The van der Waals surface area contributed by atoms with Gasteiger partial charge in [-0.1, -0.05) is 38.1 Å². The van der Waals surface area contributed by atoms with Crippen molar-refractivity contribution in [2.24, 2.45) is 10.9 Å². The summed E-state index contributed by atoms with van der Waals surface area (Å²) in [6.07, 6.45) is -1.66. The number of aliphatic imine (C=N–C) groups is 1. The van der Waals surface area contributed by atoms with Crippen molar-refractivity contribution in [2.75, 3.05) is 18.1 Å². The summed E-state index contributed by atoms with van der Waals surface area (Å²) in [7, 11) is 0. The summed E-state index contributed by atoms with van der Waals surface area (Å²) in [5.74, 6) is -0.0923. The number of halogens is 3. The van der Waals surface area contributed by atoms with E-state index in [4.69, 9.17) is 4.74 Å². The van der Waals surface area contributed by atoms with E-state index >= 15 is 0 Å². The third-order valence-electron chi connectivity index (χ3n) is 6.03. The second-order valence-corrected chi connectivity index (χ2v) is 8.21. The van der Waals surface area contributed by atoms with Gasteiger partial charge in [-0.15, -0.1) is 0 Å². The lowest BCUT2D eigenvalue weighted by Gasteiger charge is -2.29. The molecular weight excluding hydrogens is 451 g/mol. The molecule has 2 N–H and O–H groups in total. The van der Waals surface area contributed by atoms with Crippen LogP contribution in [-0.4, -0.2) is 34.8 Å². The van der Waals surface area contributed by atoms with Crippen molar-refractivity contribution in [1.82, 2.24) is 15.5 Å². The van der Waals surface area contributed by atoms with Gasteiger partial charge in [-0.2, -0.15) is 18.3 Å². The number of anilines is 1. The third-order valence-corrected chi connectivity index (χ3v) is 6.03. The number of H-pyrrole nitrogens is 1. The normalized spacial score (nSPS) is 18.5. The van der Waals surface area contributed by atoms with Gasteiger partial charge in [0, 0.05) is 12.5 Å². The number of benzene rings is 1. The number of carbonyl (C=O) groups excluding carboxylic acids is 1. The molecule has 4 rings (SSSR count). The number of hydrogen-bond donors (Lipinski definition) is 2. The predicted octanol–water partition coefficient (Wildman–Crippen LogP) is 3.32. The monoisotopic (exact) mass is 475 g/mol. The summed E-state index contributed by atoms with van der Waals surface area (Å²) in [6.45, 7) is 4.11. The highest BCUT2D eigenvalue weighted by Gasteiger charge is 2.42. The van der Waals surface area contributed by atoms with E-state index in [1.54, 1.807) is 12.1 Å². The van der Waals surface area contributed by atoms with Crippen LogP contribution in [0.4, 0.5) is 18.9 Å². The van der Waals surface area contributed by atoms with Gasteiger partial charge in [0.15, 0.2) is 5.78 Å². The Morgan fingerprint density at radius 2 is 2.09 bits per heavy atom. The van der Waals surface area contributed by atoms with Crippen LogP contribution in [0.2, 0.25) is 0 Å². The molecule has 0 bridgehead atoms. The van der Waals surface area contributed by atoms with E-state index < -0.39 is 23.3 Å². The number of aromatic amines is 1. The van der Waals surface area contributed by atoms with Crippen LogP contribution in [0.1, 0.15) is 43.0 Å². The molecule has 34 heavy (non-hydrogen) atoms. The topological polar surface area (TPSA) is 99.7 Å². The van der Waals surface area contributed by atoms with Gasteiger partial charge in [-0.25, -0.2) is 10.1 Å². The molecule has 0 aliphatic carbocycles. The summed E-state index contributed by atoms with van der Waals surface area (Å²) < 4.78 is 47.1. The number of ether oxygens (including phenoxy) is 1. The molecule has 2 aliphatic heterocycles. The van der Waals surface area contributed by atoms with Crippen LogP contribution in [0.3, 0.4) is 0 Å². The van der Waals surface area contributed by atoms with Crippen molar-refractivity contribution in [3.63, 3.8) is 0 Å². The van der Waals surface area contributed by atoms with Crippen molar-refractivity contribution < 1.29 is 22.7 Å². The molecule has 11 heteroatoms. The summed E-state index contributed by atoms with van der Waals surface area (Å²) in [5.41, 5.74) is -1.01. The van der Waals surface area contributed by atoms with E-state index in [9.17, 15) is 22.8 Å². The van der Waals surface area contributed by atoms with E-state index in [-0.39, 0.29) is 43.0 Å². The van der Waals surface area contributed by atoms with Gasteiger partial charge >= 0.3 is 6.18 Å². The highest BCUT2D eigenvalue weighted by Crippen LogP contribution is 2.42. The molecule has 0 radical (unpaired) electrons. The lowest BCUT2D eigenvalue weighted by molar-refractivity contribution is -0.138. The van der Waals surface area contributed by atoms with Crippen LogP contribution in [0.15, 0.2) is 52.3 Å². The Morgan fingerprint density at radius 3 is 2.82 bits per heavy atom. The molecule has 0 amide bonds. The molecule has 2 aromatic rings. The second-order valence-electron chi connectivity index (χ2n) is 8.21. The Morgan fingerprint density at radius 1 is 1.32 bits per heavy atom. The van der Waals surface area contributed by atoms with Crippen LogP contribution in [0, 0.1) is 5.92 Å². The maximum atomic E-state index is 13.7. The summed E-state index contributed by atoms with van der Waals surface area (Å²) in [4.78, 5) is 30.3. The summed E-state index contributed by atoms with van der Waals surface area (Å²) in [5, 5.41) is 8.43. The van der Waals surface area contributed by atoms with E-state index in [2.05, 4.69) is 15.4 Å². The number of hydrogen-bond acceptors (Lipinski definition) is 7. The summed E-state index contributed by atoms with van der Waals surface area (Å²) >= 11 is 0. The first-order valence-corrected chi connectivity index (χ1v) is 10.9. The van der Waals surface area contributed by atoms with Crippen molar-refractivity contribution >= 4 is 17.2 Å². The van der Waals surface area contributed by atoms with Gasteiger partial charge in [-0.3, -0.25) is 9.59 Å². The number of alkyl halides is 3. The minimum atomic E-state index is -4.86. The SMILES string of the molecule is CCC(C)C(=O)C1=NC(OCC2c3ccccc3CN2c2cn[nH]c(=O)c2C(F)(F)F)=CNC1. The first-order chi connectivity index (χ1) is 16.2. The number of Topliss-reactive ketones (excluding diaryl/α,β-unsaturated/α-hetero) is 1. The Kier molecular flexibility index (Phi) is 6.45. The maximum absolute atomic E-state index is 13.7. The number of aromatic nitrogens is 2. The maximum Gasteiger partial charge on any atom is 0.423 e. The van der Waals surface area contributed by atoms with E-state index in [1.807, 2.05) is 31.1 Å². The molecule has 0 fully saturated rings. The van der Waals surface area contributed by atoms with Gasteiger partial charge in [0.25, 0.3) is 5.56 Å². The highest BCUT2D eigenvalue weighted by molar-refractivity contribution is 6.41. The number of nitrogens with zero attached hydrogens (tertiary/aromatic N) is 3. The molecule has 2 unspecified atom stereocenters. The average molecular weight is 475 g/mol. The molecule has 0 saturated heterocycles. The van der Waals surface area contributed by atoms with Crippen LogP contribution in [0.5, 0.6) is 0 Å². The van der Waals surface area contributed by atoms with Crippen molar-refractivity contribution in [3.05, 3.63) is 69.6 Å². The van der Waals surface area contributed by atoms with Crippen LogP contribution < -0.4 is 15.8 Å². The van der Waals surface area contributed by atoms with Crippen molar-refractivity contribution in [3.8, 4) is 0 Å². The Bertz CT molecular complexity index is 1200. The molecular formula is C23H24F3N5O3. The molecule has 0 saturated carbocycles. The first-order valence-electron chi connectivity index (χ1n) is 10.9. The minimum absolute atomic E-state index is 0.0527. The van der Waals surface area contributed by atoms with Crippen LogP contribution >= 0.6 is 0 Å². The first kappa shape index (κ1) is 23.5. The fourth-order valence-electron chi connectivity index (χ4n) is 4.07. The van der Waals surface area contributed by atoms with E-state index in [0.29, 0.717) is 12.1 Å². The zero-order valence-electron chi connectivity index (χ0n) is 18.6. The van der Waals surface area contributed by atoms with Gasteiger partial charge in [-0.05, 0) is 17.5 Å². The molecule has 180 valence electrons. The van der Waals surface area contributed by atoms with Gasteiger partial charge < -0.3 is 15.0 Å². The lowest BCUT2D eigenvalue weighted by Crippen LogP contribution is -2.34. The predicted molar refractivity (Wildman–Crippen MR) is 119 cm³/mol. The fourth-order valence-corrected chi connectivity index (χ4v) is 4.07. The second kappa shape index (κ2) is 9.32. The van der Waals surface area contributed by atoms with Gasteiger partial charge in [0.2, 0.25) is 5.88 Å². The third kappa shape index (κ3) is 4.55. The zero-order chi connectivity index (χ0) is 24.5. The molecule has 1 aromatic heterocycles. The van der Waals surface area contributed by atoms with Crippen LogP contribution in [-0.2, 0) is 22.3 Å². The number of rotatable bonds is 7. The smallest absolute Gasteiger partial charge is 0.423 e. The molecule has 8 nitrogen and oxygen atoms in total. The molecule has 1 aromatic carbocycles. The molecule has 3 heterocycles. The number of nitrogens with one attached hydrogen (secondary N) is 2. The number of carbonyl (C=O) groups is 1. The number of ketones is 1. The average Bonchev–Trinajstić information content (AvgIpc) is 3.19. The Hall–Kier alpha value is -3.63. The van der Waals surface area contributed by atoms with Gasteiger partial charge in [0.05, 0.1) is 30.7 Å². The quantitative estimate of drug-likeness (QED) is 0.638. The standard InChI is InChI=1S/C23H24F3N5O3/c1-3-13(2)21(32)16-8-27-10-19(29-16)34-12-18-15-7-5-4-6-14(15)11-31(18)17-9-28-30-22(33)20(17)23(24,25)26/h4-7,9-10,13,18,27H,3,8,11-12H2,1-2H3,(H,30,33). The highest BCUT2D eigenvalue weighted by atomic mass is 19.4. The van der Waals surface area contributed by atoms with Crippen molar-refractivity contribution in [1.29, 1.82) is 0 Å². The largest absolute Gasteiger partial charge is 0.474 e. The number of fused-ring (bicyclic) bond motifs is 1. The molecule has 2 atom stereocenters. The minimum Gasteiger partial charge on any atom is -0.474 e. The molecule has 0 spiro atoms. The molecule has 2 aliphatic rings. The Balaban J connectivity index is 1.63. The Labute approximate surface area is 193 Å². The van der Waals surface area contributed by atoms with E-state index in [0.717, 1.165) is 17.3 Å². The van der Waals surface area contributed by atoms with E-state index in [1.165, 1.54) is 11.1 Å². The fraction of sp³-hybridized carbons (Fsp3) is 0.391. The van der Waals surface area contributed by atoms with Gasteiger partial charge in [0.1, 0.15) is 17.9 Å². The van der Waals surface area contributed by atoms with Crippen molar-refractivity contribution in [2.45, 2.75) is 39.0 Å². The van der Waals surface area contributed by atoms with Crippen LogP contribution in [0.25, 0.3) is 0 Å².